The largest absolute Gasteiger partial charge is 0.507 e. The highest BCUT2D eigenvalue weighted by atomic mass is 79.9. The van der Waals surface area contributed by atoms with Crippen LogP contribution in [0.5, 0.6) is 5.75 Å². The van der Waals surface area contributed by atoms with Crippen molar-refractivity contribution in [3.05, 3.63) is 27.7 Å². The second-order valence-electron chi connectivity index (χ2n) is 3.24. The average Bonchev–Trinajstić information content (AvgIpc) is 2.05. The third kappa shape index (κ3) is 2.45. The molecule has 0 amide bonds. The van der Waals surface area contributed by atoms with Gasteiger partial charge in [-0.15, -0.1) is 0 Å². The summed E-state index contributed by atoms with van der Waals surface area (Å²) in [5.41, 5.74) is 1.61. The standard InChI is InChI=1S/C10H13BrO2/c1-6-3-4-9(11)8(10(6)13)5-7(2)12/h3-4,7,12-13H,5H2,1-2H3. The first-order chi connectivity index (χ1) is 6.02. The minimum atomic E-state index is -0.441. The SMILES string of the molecule is Cc1ccc(Br)c(CC(C)O)c1O. The second-order valence-corrected chi connectivity index (χ2v) is 4.10. The molecule has 13 heavy (non-hydrogen) atoms. The molecule has 0 spiro atoms. The molecule has 3 heteroatoms. The third-order valence-corrected chi connectivity index (χ3v) is 2.67. The number of aromatic hydroxyl groups is 1. The molecule has 0 aliphatic carbocycles. The van der Waals surface area contributed by atoms with Crippen LogP contribution in [0.3, 0.4) is 0 Å². The Balaban J connectivity index is 3.10. The fraction of sp³-hybridized carbons (Fsp3) is 0.400. The van der Waals surface area contributed by atoms with Crippen molar-refractivity contribution in [2.24, 2.45) is 0 Å². The lowest BCUT2D eigenvalue weighted by Gasteiger charge is -2.10. The first-order valence-electron chi connectivity index (χ1n) is 4.17. The summed E-state index contributed by atoms with van der Waals surface area (Å²) in [7, 11) is 0. The molecule has 2 nitrogen and oxygen atoms in total. The van der Waals surface area contributed by atoms with Crippen molar-refractivity contribution < 1.29 is 10.2 Å². The summed E-state index contributed by atoms with van der Waals surface area (Å²) in [5.74, 6) is 0.273. The Kier molecular flexibility index (Phi) is 3.33. The van der Waals surface area contributed by atoms with Gasteiger partial charge in [0.05, 0.1) is 6.10 Å². The van der Waals surface area contributed by atoms with Crippen LogP contribution in [0.15, 0.2) is 16.6 Å². The molecule has 2 N–H and O–H groups in total. The number of aliphatic hydroxyl groups excluding tert-OH is 1. The van der Waals surface area contributed by atoms with Gasteiger partial charge in [-0.2, -0.15) is 0 Å². The highest BCUT2D eigenvalue weighted by molar-refractivity contribution is 9.10. The van der Waals surface area contributed by atoms with E-state index in [-0.39, 0.29) is 5.75 Å². The first-order valence-corrected chi connectivity index (χ1v) is 4.96. The van der Waals surface area contributed by atoms with E-state index in [1.165, 1.54) is 0 Å². The van der Waals surface area contributed by atoms with Crippen LogP contribution in [0, 0.1) is 6.92 Å². The number of aryl methyl sites for hydroxylation is 1. The van der Waals surface area contributed by atoms with Crippen molar-refractivity contribution in [3.63, 3.8) is 0 Å². The van der Waals surface area contributed by atoms with E-state index in [2.05, 4.69) is 15.9 Å². The van der Waals surface area contributed by atoms with E-state index >= 15 is 0 Å². The molecule has 0 aliphatic heterocycles. The van der Waals surface area contributed by atoms with Gasteiger partial charge in [0.15, 0.2) is 0 Å². The molecule has 1 aromatic carbocycles. The Hall–Kier alpha value is -0.540. The van der Waals surface area contributed by atoms with E-state index in [1.807, 2.05) is 19.1 Å². The molecule has 0 fully saturated rings. The molecule has 0 saturated heterocycles. The lowest BCUT2D eigenvalue weighted by Crippen LogP contribution is -2.05. The molecule has 0 aliphatic rings. The summed E-state index contributed by atoms with van der Waals surface area (Å²) in [5, 5.41) is 18.9. The lowest BCUT2D eigenvalue weighted by molar-refractivity contribution is 0.194. The van der Waals surface area contributed by atoms with Gasteiger partial charge >= 0.3 is 0 Å². The normalized spacial score (nSPS) is 12.9. The van der Waals surface area contributed by atoms with Crippen LogP contribution in [0.2, 0.25) is 0 Å². The van der Waals surface area contributed by atoms with Gasteiger partial charge in [-0.3, -0.25) is 0 Å². The maximum absolute atomic E-state index is 9.69. The predicted octanol–water partition coefficient (Wildman–Crippen LogP) is 2.39. The molecular formula is C10H13BrO2. The first kappa shape index (κ1) is 10.5. The van der Waals surface area contributed by atoms with Crippen LogP contribution in [-0.4, -0.2) is 16.3 Å². The summed E-state index contributed by atoms with van der Waals surface area (Å²) < 4.78 is 0.844. The van der Waals surface area contributed by atoms with Gasteiger partial charge in [-0.1, -0.05) is 22.0 Å². The molecule has 0 aromatic heterocycles. The number of aliphatic hydroxyl groups is 1. The predicted molar refractivity (Wildman–Crippen MR) is 55.9 cm³/mol. The fourth-order valence-corrected chi connectivity index (χ4v) is 1.70. The number of benzene rings is 1. The summed E-state index contributed by atoms with van der Waals surface area (Å²) in [6.07, 6.45) is 0.0256. The summed E-state index contributed by atoms with van der Waals surface area (Å²) >= 11 is 3.34. The van der Waals surface area contributed by atoms with Crippen LogP contribution in [0.25, 0.3) is 0 Å². The van der Waals surface area contributed by atoms with Gasteiger partial charge in [0.1, 0.15) is 5.75 Å². The fourth-order valence-electron chi connectivity index (χ4n) is 1.22. The van der Waals surface area contributed by atoms with E-state index in [1.54, 1.807) is 6.92 Å². The van der Waals surface area contributed by atoms with Gasteiger partial charge in [0.25, 0.3) is 0 Å². The number of rotatable bonds is 2. The van der Waals surface area contributed by atoms with Crippen molar-refractivity contribution in [2.75, 3.05) is 0 Å². The van der Waals surface area contributed by atoms with Crippen molar-refractivity contribution in [1.82, 2.24) is 0 Å². The Labute approximate surface area is 86.3 Å². The third-order valence-electron chi connectivity index (χ3n) is 1.93. The Morgan fingerprint density at radius 2 is 2.08 bits per heavy atom. The van der Waals surface area contributed by atoms with Crippen molar-refractivity contribution >= 4 is 15.9 Å². The lowest BCUT2D eigenvalue weighted by atomic mass is 10.0. The smallest absolute Gasteiger partial charge is 0.122 e. The Bertz CT molecular complexity index is 308. The second kappa shape index (κ2) is 4.11. The van der Waals surface area contributed by atoms with E-state index < -0.39 is 6.10 Å². The summed E-state index contributed by atoms with van der Waals surface area (Å²) in [6.45, 7) is 3.54. The van der Waals surface area contributed by atoms with Crippen LogP contribution in [-0.2, 0) is 6.42 Å². The van der Waals surface area contributed by atoms with Gasteiger partial charge in [-0.25, -0.2) is 0 Å². The molecule has 72 valence electrons. The minimum Gasteiger partial charge on any atom is -0.507 e. The number of phenolic OH excluding ortho intramolecular Hbond substituents is 1. The highest BCUT2D eigenvalue weighted by Crippen LogP contribution is 2.30. The van der Waals surface area contributed by atoms with Crippen molar-refractivity contribution in [1.29, 1.82) is 0 Å². The molecule has 1 aromatic rings. The van der Waals surface area contributed by atoms with Crippen LogP contribution in [0.4, 0.5) is 0 Å². The average molecular weight is 245 g/mol. The zero-order valence-electron chi connectivity index (χ0n) is 7.71. The number of hydrogen-bond donors (Lipinski definition) is 2. The van der Waals surface area contributed by atoms with Gasteiger partial charge < -0.3 is 10.2 Å². The minimum absolute atomic E-state index is 0.273. The maximum Gasteiger partial charge on any atom is 0.122 e. The molecule has 0 saturated carbocycles. The molecule has 0 bridgehead atoms. The number of halogens is 1. The van der Waals surface area contributed by atoms with E-state index in [9.17, 15) is 10.2 Å². The van der Waals surface area contributed by atoms with Crippen molar-refractivity contribution in [3.8, 4) is 5.75 Å². The van der Waals surface area contributed by atoms with Crippen LogP contribution in [0.1, 0.15) is 18.1 Å². The van der Waals surface area contributed by atoms with E-state index in [0.29, 0.717) is 6.42 Å². The maximum atomic E-state index is 9.69. The molecule has 0 heterocycles. The zero-order valence-corrected chi connectivity index (χ0v) is 9.30. The zero-order chi connectivity index (χ0) is 10.0. The van der Waals surface area contributed by atoms with Gasteiger partial charge in [-0.05, 0) is 25.5 Å². The molecule has 0 radical (unpaired) electrons. The highest BCUT2D eigenvalue weighted by Gasteiger charge is 2.10. The molecular weight excluding hydrogens is 232 g/mol. The molecule has 1 rings (SSSR count). The van der Waals surface area contributed by atoms with Crippen LogP contribution < -0.4 is 0 Å². The quantitative estimate of drug-likeness (QED) is 0.839. The molecule has 1 unspecified atom stereocenters. The Morgan fingerprint density at radius 1 is 1.46 bits per heavy atom. The number of phenols is 1. The van der Waals surface area contributed by atoms with Crippen molar-refractivity contribution in [2.45, 2.75) is 26.4 Å². The van der Waals surface area contributed by atoms with E-state index in [0.717, 1.165) is 15.6 Å². The molecule has 1 atom stereocenters. The topological polar surface area (TPSA) is 40.5 Å². The van der Waals surface area contributed by atoms with Gasteiger partial charge in [0.2, 0.25) is 0 Å². The number of hydrogen-bond acceptors (Lipinski definition) is 2. The monoisotopic (exact) mass is 244 g/mol. The van der Waals surface area contributed by atoms with E-state index in [4.69, 9.17) is 0 Å². The van der Waals surface area contributed by atoms with Gasteiger partial charge in [0, 0.05) is 16.5 Å². The summed E-state index contributed by atoms with van der Waals surface area (Å²) in [4.78, 5) is 0. The Morgan fingerprint density at radius 3 is 2.62 bits per heavy atom. The van der Waals surface area contributed by atoms with Crippen LogP contribution >= 0.6 is 15.9 Å². The summed E-state index contributed by atoms with van der Waals surface area (Å²) in [6, 6.07) is 3.72.